The molecule has 10 heteroatoms. The molecule has 5 aliphatic rings. The third-order valence-electron chi connectivity index (χ3n) is 8.26. The lowest BCUT2D eigenvalue weighted by atomic mass is 9.84. The first kappa shape index (κ1) is 22.2. The molecule has 33 heavy (non-hydrogen) atoms. The maximum Gasteiger partial charge on any atom is 0.248 e. The number of rotatable bonds is 3. The molecule has 1 aliphatic carbocycles. The smallest absolute Gasteiger partial charge is 0.248 e. The number of hydrogen-bond acceptors (Lipinski definition) is 5. The van der Waals surface area contributed by atoms with E-state index in [0.717, 1.165) is 19.3 Å². The lowest BCUT2D eigenvalue weighted by molar-refractivity contribution is -0.148. The lowest BCUT2D eigenvalue weighted by Gasteiger charge is -2.35. The third kappa shape index (κ3) is 3.97. The number of amides is 5. The minimum atomic E-state index is -0.696. The fourth-order valence-electron chi connectivity index (χ4n) is 6.04. The molecule has 5 amide bonds. The molecule has 4 unspecified atom stereocenters. The van der Waals surface area contributed by atoms with Gasteiger partial charge in [0.15, 0.2) is 0 Å². The van der Waals surface area contributed by atoms with Gasteiger partial charge in [0.25, 0.3) is 0 Å². The Morgan fingerprint density at radius 1 is 0.970 bits per heavy atom. The highest BCUT2D eigenvalue weighted by Gasteiger charge is 2.53. The van der Waals surface area contributed by atoms with Crippen LogP contribution in [0.2, 0.25) is 0 Å². The number of carbonyl (C=O) groups excluding carboxylic acids is 5. The Hall–Kier alpha value is -2.65. The van der Waals surface area contributed by atoms with Crippen LogP contribution in [0.3, 0.4) is 0 Å². The van der Waals surface area contributed by atoms with Gasteiger partial charge in [-0.25, -0.2) is 0 Å². The highest BCUT2D eigenvalue weighted by Crippen LogP contribution is 2.32. The summed E-state index contributed by atoms with van der Waals surface area (Å²) < 4.78 is 0. The maximum absolute atomic E-state index is 13.6. The largest absolute Gasteiger partial charge is 0.351 e. The van der Waals surface area contributed by atoms with Gasteiger partial charge in [-0.3, -0.25) is 24.0 Å². The van der Waals surface area contributed by atoms with Gasteiger partial charge in [-0.15, -0.1) is 0 Å². The summed E-state index contributed by atoms with van der Waals surface area (Å²) >= 11 is 0. The van der Waals surface area contributed by atoms with E-state index in [2.05, 4.69) is 10.6 Å². The number of hydrogen-bond donors (Lipinski definition) is 2. The zero-order chi connectivity index (χ0) is 23.3. The predicted molar refractivity (Wildman–Crippen MR) is 116 cm³/mol. The van der Waals surface area contributed by atoms with Crippen molar-refractivity contribution in [1.29, 1.82) is 0 Å². The Kier molecular flexibility index (Phi) is 5.78. The Morgan fingerprint density at radius 2 is 1.70 bits per heavy atom. The second-order valence-electron chi connectivity index (χ2n) is 10.2. The molecule has 5 rings (SSSR count). The van der Waals surface area contributed by atoms with Gasteiger partial charge in [0.2, 0.25) is 29.5 Å². The standard InChI is InChI=1S/C23H33N5O5/c1-13(29)26-8-5-15(6-9-26)22(32)27-10-7-17-19(27)23(33)28-12-16(11-18(28)21(31)25-17)24-20(30)14-3-2-4-14/h14-19H,2-12H2,1H3,(H,24,30)(H,25,31). The second kappa shape index (κ2) is 8.61. The van der Waals surface area contributed by atoms with Gasteiger partial charge in [0, 0.05) is 51.0 Å². The zero-order valence-electron chi connectivity index (χ0n) is 19.1. The van der Waals surface area contributed by atoms with Crippen LogP contribution in [0.4, 0.5) is 0 Å². The van der Waals surface area contributed by atoms with Crippen molar-refractivity contribution in [2.45, 2.75) is 76.0 Å². The van der Waals surface area contributed by atoms with Crippen LogP contribution >= 0.6 is 0 Å². The van der Waals surface area contributed by atoms with Crippen LogP contribution in [0.5, 0.6) is 0 Å². The molecule has 10 nitrogen and oxygen atoms in total. The van der Waals surface area contributed by atoms with Gasteiger partial charge >= 0.3 is 0 Å². The van der Waals surface area contributed by atoms with Crippen LogP contribution in [-0.2, 0) is 24.0 Å². The van der Waals surface area contributed by atoms with Gasteiger partial charge in [0.1, 0.15) is 12.1 Å². The van der Waals surface area contributed by atoms with Crippen LogP contribution in [-0.4, -0.2) is 94.6 Å². The van der Waals surface area contributed by atoms with Gasteiger partial charge in [-0.05, 0) is 38.5 Å². The van der Waals surface area contributed by atoms with E-state index < -0.39 is 12.1 Å². The number of piperidine rings is 1. The highest BCUT2D eigenvalue weighted by atomic mass is 16.2. The molecule has 180 valence electrons. The van der Waals surface area contributed by atoms with Crippen molar-refractivity contribution in [2.24, 2.45) is 11.8 Å². The van der Waals surface area contributed by atoms with Gasteiger partial charge < -0.3 is 25.3 Å². The topological polar surface area (TPSA) is 119 Å². The van der Waals surface area contributed by atoms with E-state index in [-0.39, 0.29) is 53.5 Å². The monoisotopic (exact) mass is 459 g/mol. The number of carbonyl (C=O) groups is 5. The third-order valence-corrected chi connectivity index (χ3v) is 8.26. The van der Waals surface area contributed by atoms with E-state index >= 15 is 0 Å². The van der Waals surface area contributed by atoms with Crippen molar-refractivity contribution in [3.8, 4) is 0 Å². The van der Waals surface area contributed by atoms with E-state index in [4.69, 9.17) is 0 Å². The van der Waals surface area contributed by atoms with Crippen molar-refractivity contribution in [3.05, 3.63) is 0 Å². The first-order valence-corrected chi connectivity index (χ1v) is 12.3. The average Bonchev–Trinajstić information content (AvgIpc) is 3.34. The van der Waals surface area contributed by atoms with E-state index in [1.54, 1.807) is 14.7 Å². The summed E-state index contributed by atoms with van der Waals surface area (Å²) in [5, 5.41) is 6.04. The molecule has 1 saturated carbocycles. The van der Waals surface area contributed by atoms with Crippen LogP contribution in [0.1, 0.15) is 51.9 Å². The fraction of sp³-hybridized carbons (Fsp3) is 0.783. The minimum Gasteiger partial charge on any atom is -0.351 e. The SMILES string of the molecule is CC(=O)N1CCC(C(=O)N2CCC3NC(=O)C4CC(NC(=O)C5CCC5)CN4C(=O)C32)CC1. The Bertz CT molecular complexity index is 865. The molecular formula is C23H33N5O5. The number of nitrogens with zero attached hydrogens (tertiary/aromatic N) is 3. The maximum atomic E-state index is 13.6. The van der Waals surface area contributed by atoms with Gasteiger partial charge in [-0.1, -0.05) is 6.42 Å². The molecular weight excluding hydrogens is 426 g/mol. The number of likely N-dealkylation sites (tertiary alicyclic amines) is 2. The molecule has 0 aromatic carbocycles. The van der Waals surface area contributed by atoms with Crippen molar-refractivity contribution >= 4 is 29.5 Å². The zero-order valence-corrected chi connectivity index (χ0v) is 19.1. The lowest BCUT2D eigenvalue weighted by Crippen LogP contribution is -2.54. The molecule has 2 N–H and O–H groups in total. The highest BCUT2D eigenvalue weighted by molar-refractivity contribution is 5.97. The molecule has 4 atom stereocenters. The van der Waals surface area contributed by atoms with E-state index in [1.165, 1.54) is 6.92 Å². The van der Waals surface area contributed by atoms with E-state index in [9.17, 15) is 24.0 Å². The summed E-state index contributed by atoms with van der Waals surface area (Å²) in [7, 11) is 0. The Balaban J connectivity index is 1.27. The van der Waals surface area contributed by atoms with Gasteiger partial charge in [-0.2, -0.15) is 0 Å². The Labute approximate surface area is 193 Å². The van der Waals surface area contributed by atoms with Crippen LogP contribution in [0, 0.1) is 11.8 Å². The minimum absolute atomic E-state index is 0.0165. The quantitative estimate of drug-likeness (QED) is 0.575. The summed E-state index contributed by atoms with van der Waals surface area (Å²) in [6, 6.07) is -1.92. The average molecular weight is 460 g/mol. The molecule has 4 saturated heterocycles. The fourth-order valence-corrected chi connectivity index (χ4v) is 6.04. The molecule has 4 aliphatic heterocycles. The molecule has 0 radical (unpaired) electrons. The molecule has 4 heterocycles. The van der Waals surface area contributed by atoms with Gasteiger partial charge in [0.05, 0.1) is 6.04 Å². The van der Waals surface area contributed by atoms with Crippen LogP contribution in [0.15, 0.2) is 0 Å². The first-order chi connectivity index (χ1) is 15.8. The van der Waals surface area contributed by atoms with Crippen molar-refractivity contribution in [1.82, 2.24) is 25.3 Å². The second-order valence-corrected chi connectivity index (χ2v) is 10.2. The van der Waals surface area contributed by atoms with E-state index in [0.29, 0.717) is 51.9 Å². The molecule has 0 aromatic heterocycles. The molecule has 5 fully saturated rings. The van der Waals surface area contributed by atoms with Crippen LogP contribution < -0.4 is 10.6 Å². The molecule has 0 spiro atoms. The Morgan fingerprint density at radius 3 is 2.33 bits per heavy atom. The van der Waals surface area contributed by atoms with Crippen LogP contribution in [0.25, 0.3) is 0 Å². The van der Waals surface area contributed by atoms with E-state index in [1.807, 2.05) is 0 Å². The summed E-state index contributed by atoms with van der Waals surface area (Å²) in [6.07, 6.45) is 5.02. The number of fused-ring (bicyclic) bond motifs is 2. The van der Waals surface area contributed by atoms with Crippen molar-refractivity contribution in [2.75, 3.05) is 26.2 Å². The van der Waals surface area contributed by atoms with Crippen molar-refractivity contribution < 1.29 is 24.0 Å². The summed E-state index contributed by atoms with van der Waals surface area (Å²) in [5.74, 6) is -0.574. The predicted octanol–water partition coefficient (Wildman–Crippen LogP) is -0.770. The van der Waals surface area contributed by atoms with Crippen molar-refractivity contribution in [3.63, 3.8) is 0 Å². The number of nitrogens with one attached hydrogen (secondary N) is 2. The summed E-state index contributed by atoms with van der Waals surface area (Å²) in [6.45, 7) is 3.38. The summed E-state index contributed by atoms with van der Waals surface area (Å²) in [5.41, 5.74) is 0. The molecule has 0 bridgehead atoms. The summed E-state index contributed by atoms with van der Waals surface area (Å²) in [4.78, 5) is 68.9. The first-order valence-electron chi connectivity index (χ1n) is 12.3. The normalized spacial score (nSPS) is 32.6. The molecule has 0 aromatic rings.